The van der Waals surface area contributed by atoms with Crippen LogP contribution in [0.3, 0.4) is 0 Å². The molecule has 0 atom stereocenters. The van der Waals surface area contributed by atoms with Gasteiger partial charge in [0.2, 0.25) is 0 Å². The Morgan fingerprint density at radius 2 is 1.95 bits per heavy atom. The summed E-state index contributed by atoms with van der Waals surface area (Å²) in [6.45, 7) is 1.37. The molecular weight excluding hydrogens is 460 g/mol. The summed E-state index contributed by atoms with van der Waals surface area (Å²) in [6, 6.07) is 14.1. The Balaban J connectivity index is 2.02. The van der Waals surface area contributed by atoms with Gasteiger partial charge >= 0.3 is 137 Å². The zero-order chi connectivity index (χ0) is 14.4. The number of hydrogen-bond acceptors (Lipinski definition) is 2. The Kier molecular flexibility index (Phi) is 3.04. The maximum atomic E-state index is 12.1. The van der Waals surface area contributed by atoms with Crippen LogP contribution in [0.5, 0.6) is 0 Å². The van der Waals surface area contributed by atoms with E-state index in [1.54, 1.807) is 24.7 Å². The molecule has 0 saturated carbocycles. The van der Waals surface area contributed by atoms with Crippen LogP contribution in [0, 0.1) is 24.7 Å². The van der Waals surface area contributed by atoms with Crippen molar-refractivity contribution in [1.82, 2.24) is 14.9 Å². The first-order chi connectivity index (χ1) is 10.2. The van der Waals surface area contributed by atoms with Gasteiger partial charge in [0.1, 0.15) is 0 Å². The zero-order valence-electron chi connectivity index (χ0n) is 11.1. The van der Waals surface area contributed by atoms with E-state index in [4.69, 9.17) is 4.98 Å². The fourth-order valence-electron chi connectivity index (χ4n) is 2.78. The van der Waals surface area contributed by atoms with E-state index in [1.165, 1.54) is 3.27 Å². The SMILES string of the molecule is O=C1NCCn2c(-c3ccc([At])cc3)nc3cccc1c32. The number of aromatic nitrogens is 2. The quantitative estimate of drug-likeness (QED) is 0.586. The molecule has 5 heteroatoms. The molecule has 1 aromatic heterocycles. The molecule has 3 aromatic rings. The number of imidazole rings is 1. The third kappa shape index (κ3) is 2.07. The summed E-state index contributed by atoms with van der Waals surface area (Å²) in [5, 5.41) is 2.94. The molecule has 2 heterocycles. The predicted octanol–water partition coefficient (Wildman–Crippen LogP) is 1.62. The Morgan fingerprint density at radius 1 is 1.14 bits per heavy atom. The number of nitrogens with one attached hydrogen (secondary N) is 1. The van der Waals surface area contributed by atoms with Gasteiger partial charge in [0.15, 0.2) is 0 Å². The molecule has 2 aromatic carbocycles. The van der Waals surface area contributed by atoms with Crippen LogP contribution in [-0.2, 0) is 6.54 Å². The van der Waals surface area contributed by atoms with Crippen LogP contribution in [-0.4, -0.2) is 22.0 Å². The molecule has 4 rings (SSSR count). The van der Waals surface area contributed by atoms with E-state index in [9.17, 15) is 4.79 Å². The number of carbonyl (C=O) groups excluding carboxylic acids is 1. The van der Waals surface area contributed by atoms with Gasteiger partial charge in [-0.25, -0.2) is 0 Å². The van der Waals surface area contributed by atoms with Crippen LogP contribution in [0.4, 0.5) is 0 Å². The van der Waals surface area contributed by atoms with Crippen molar-refractivity contribution in [2.24, 2.45) is 0 Å². The molecular formula is C16H12AtN3O. The van der Waals surface area contributed by atoms with Gasteiger partial charge in [-0.3, -0.25) is 0 Å². The molecule has 1 N–H and O–H groups in total. The first-order valence-electron chi connectivity index (χ1n) is 6.77. The monoisotopic (exact) mass is 472 g/mol. The number of carbonyl (C=O) groups is 1. The van der Waals surface area contributed by atoms with E-state index in [0.29, 0.717) is 12.1 Å². The molecule has 1 amide bonds. The summed E-state index contributed by atoms with van der Waals surface area (Å²) >= 11 is 1.66. The second kappa shape index (κ2) is 4.92. The van der Waals surface area contributed by atoms with E-state index in [0.717, 1.165) is 29.0 Å². The van der Waals surface area contributed by atoms with E-state index in [2.05, 4.69) is 34.1 Å². The Bertz CT molecular complexity index is 852. The van der Waals surface area contributed by atoms with Gasteiger partial charge in [-0.2, -0.15) is 0 Å². The standard InChI is InChI=1S/C16H12AtN3O/c17-11-6-4-10(5-7-11)15-19-13-3-1-2-12-14(13)20(15)9-8-18-16(12)21/h1-7H,8-9H2,(H,18,21). The van der Waals surface area contributed by atoms with Crippen molar-refractivity contribution in [3.05, 3.63) is 48.0 Å². The van der Waals surface area contributed by atoms with Crippen LogP contribution in [0.2, 0.25) is 0 Å². The average molecular weight is 472 g/mol. The van der Waals surface area contributed by atoms with Crippen LogP contribution in [0.25, 0.3) is 22.4 Å². The average Bonchev–Trinajstić information content (AvgIpc) is 2.77. The van der Waals surface area contributed by atoms with Gasteiger partial charge in [0.25, 0.3) is 0 Å². The van der Waals surface area contributed by atoms with Crippen molar-refractivity contribution in [3.63, 3.8) is 0 Å². The number of rotatable bonds is 1. The van der Waals surface area contributed by atoms with Crippen LogP contribution >= 0.6 is 0 Å². The minimum atomic E-state index is -0.0166. The second-order valence-corrected chi connectivity index (χ2v) is 6.72. The second-order valence-electron chi connectivity index (χ2n) is 5.02. The van der Waals surface area contributed by atoms with Crippen LogP contribution < -0.4 is 8.59 Å². The van der Waals surface area contributed by atoms with Crippen molar-refractivity contribution in [3.8, 4) is 11.4 Å². The number of nitrogens with zero attached hydrogens (tertiary/aromatic N) is 2. The van der Waals surface area contributed by atoms with Crippen LogP contribution in [0.1, 0.15) is 10.4 Å². The molecule has 0 aliphatic carbocycles. The number of hydrogen-bond donors (Lipinski definition) is 1. The van der Waals surface area contributed by atoms with Crippen molar-refractivity contribution < 1.29 is 29.5 Å². The summed E-state index contributed by atoms with van der Waals surface area (Å²) in [5.41, 5.74) is 3.61. The van der Waals surface area contributed by atoms with Gasteiger partial charge in [0.05, 0.1) is 0 Å². The fourth-order valence-corrected chi connectivity index (χ4v) is 3.27. The molecule has 0 unspecified atom stereocenters. The molecule has 0 spiro atoms. The number of para-hydroxylation sites is 1. The molecule has 104 valence electrons. The summed E-state index contributed by atoms with van der Waals surface area (Å²) in [7, 11) is 0. The zero-order valence-corrected chi connectivity index (χ0v) is 14.1. The first-order valence-corrected chi connectivity index (χ1v) is 8.24. The van der Waals surface area contributed by atoms with E-state index in [-0.39, 0.29) is 5.91 Å². The Labute approximate surface area is 137 Å². The summed E-state index contributed by atoms with van der Waals surface area (Å²) < 4.78 is 3.43. The van der Waals surface area contributed by atoms with Crippen molar-refractivity contribution in [2.75, 3.05) is 6.54 Å². The topological polar surface area (TPSA) is 46.9 Å². The molecule has 1 aliphatic heterocycles. The molecule has 0 bridgehead atoms. The predicted molar refractivity (Wildman–Crippen MR) is 77.1 cm³/mol. The molecule has 21 heavy (non-hydrogen) atoms. The van der Waals surface area contributed by atoms with Crippen molar-refractivity contribution >= 4 is 20.2 Å². The number of benzene rings is 2. The Morgan fingerprint density at radius 3 is 2.76 bits per heavy atom. The van der Waals surface area contributed by atoms with Gasteiger partial charge < -0.3 is 0 Å². The first kappa shape index (κ1) is 13.0. The molecule has 0 fully saturated rings. The normalized spacial score (nSPS) is 14.0. The van der Waals surface area contributed by atoms with E-state index in [1.807, 2.05) is 18.2 Å². The fraction of sp³-hybridized carbons (Fsp3) is 0.125. The van der Waals surface area contributed by atoms with E-state index < -0.39 is 0 Å². The van der Waals surface area contributed by atoms with Crippen molar-refractivity contribution in [1.29, 1.82) is 0 Å². The maximum absolute atomic E-state index is 12.1. The molecule has 0 saturated heterocycles. The van der Waals surface area contributed by atoms with Gasteiger partial charge in [-0.05, 0) is 0 Å². The van der Waals surface area contributed by atoms with Gasteiger partial charge in [0, 0.05) is 0 Å². The summed E-state index contributed by atoms with van der Waals surface area (Å²) in [6.07, 6.45) is 0. The third-order valence-electron chi connectivity index (χ3n) is 3.73. The Hall–Kier alpha value is -1.74. The molecule has 0 radical (unpaired) electrons. The van der Waals surface area contributed by atoms with Gasteiger partial charge in [-0.1, -0.05) is 0 Å². The molecule has 1 aliphatic rings. The number of amides is 1. The summed E-state index contributed by atoms with van der Waals surface area (Å²) in [4.78, 5) is 16.9. The minimum absolute atomic E-state index is 0.0166. The third-order valence-corrected chi connectivity index (χ3v) is 4.71. The van der Waals surface area contributed by atoms with Crippen LogP contribution in [0.15, 0.2) is 42.5 Å². The summed E-state index contributed by atoms with van der Waals surface area (Å²) in [5.74, 6) is 0.915. The van der Waals surface area contributed by atoms with Crippen molar-refractivity contribution in [2.45, 2.75) is 6.54 Å². The van der Waals surface area contributed by atoms with E-state index >= 15 is 0 Å². The molecule has 4 nitrogen and oxygen atoms in total. The van der Waals surface area contributed by atoms with Gasteiger partial charge in [-0.15, -0.1) is 0 Å².